The van der Waals surface area contributed by atoms with E-state index < -0.39 is 15.3 Å². The average molecular weight is 417 g/mol. The zero-order valence-electron chi connectivity index (χ0n) is 18.3. The molecule has 158 valence electrons. The van der Waals surface area contributed by atoms with Crippen LogP contribution in [0.2, 0.25) is 0 Å². The Bertz CT molecular complexity index is 932. The molecule has 0 radical (unpaired) electrons. The Balaban J connectivity index is 2.19. The van der Waals surface area contributed by atoms with Crippen LogP contribution in [0.5, 0.6) is 0 Å². The van der Waals surface area contributed by atoms with E-state index in [0.717, 1.165) is 16.7 Å². The van der Waals surface area contributed by atoms with Crippen molar-refractivity contribution in [1.82, 2.24) is 0 Å². The van der Waals surface area contributed by atoms with Gasteiger partial charge in [-0.15, -0.1) is 0 Å². The van der Waals surface area contributed by atoms with Crippen molar-refractivity contribution < 1.29 is 17.9 Å². The third-order valence-electron chi connectivity index (χ3n) is 5.06. The van der Waals surface area contributed by atoms with Crippen LogP contribution in [0.4, 0.5) is 0 Å². The summed E-state index contributed by atoms with van der Waals surface area (Å²) in [4.78, 5) is 12.5. The third-order valence-corrected chi connectivity index (χ3v) is 6.79. The van der Waals surface area contributed by atoms with Gasteiger partial charge in [0.1, 0.15) is 0 Å². The summed E-state index contributed by atoms with van der Waals surface area (Å²) >= 11 is 0. The molecule has 0 spiro atoms. The minimum atomic E-state index is -3.28. The largest absolute Gasteiger partial charge is 0.465 e. The number of sulfone groups is 1. The number of hydrogen-bond donors (Lipinski definition) is 0. The van der Waals surface area contributed by atoms with Crippen molar-refractivity contribution >= 4 is 15.8 Å². The molecule has 0 aliphatic heterocycles. The summed E-state index contributed by atoms with van der Waals surface area (Å²) in [5, 5.41) is 0. The van der Waals surface area contributed by atoms with Crippen LogP contribution in [-0.2, 0) is 24.8 Å². The predicted molar refractivity (Wildman–Crippen MR) is 118 cm³/mol. The minimum Gasteiger partial charge on any atom is -0.465 e. The fourth-order valence-electron chi connectivity index (χ4n) is 2.92. The van der Waals surface area contributed by atoms with E-state index in [9.17, 15) is 13.2 Å². The van der Waals surface area contributed by atoms with Gasteiger partial charge in [-0.05, 0) is 61.4 Å². The van der Waals surface area contributed by atoms with Crippen molar-refractivity contribution in [1.29, 1.82) is 0 Å². The lowest BCUT2D eigenvalue weighted by Gasteiger charge is -2.23. The maximum Gasteiger partial charge on any atom is 0.315 e. The van der Waals surface area contributed by atoms with Crippen LogP contribution < -0.4 is 0 Å². The van der Waals surface area contributed by atoms with Crippen LogP contribution in [-0.4, -0.2) is 26.7 Å². The quantitative estimate of drug-likeness (QED) is 0.567. The van der Waals surface area contributed by atoms with Gasteiger partial charge in [-0.25, -0.2) is 8.42 Å². The van der Waals surface area contributed by atoms with Gasteiger partial charge in [-0.3, -0.25) is 4.79 Å². The first-order valence-corrected chi connectivity index (χ1v) is 11.6. The van der Waals surface area contributed by atoms with Crippen LogP contribution in [0, 0.1) is 5.41 Å². The van der Waals surface area contributed by atoms with Crippen molar-refractivity contribution in [3.05, 3.63) is 54.1 Å². The van der Waals surface area contributed by atoms with Crippen molar-refractivity contribution in [2.45, 2.75) is 58.3 Å². The Morgan fingerprint density at radius 2 is 1.34 bits per heavy atom. The lowest BCUT2D eigenvalue weighted by atomic mass is 9.84. The molecule has 0 saturated carbocycles. The number of hydrogen-bond acceptors (Lipinski definition) is 4. The normalized spacial score (nSPS) is 12.6. The molecule has 5 heteroatoms. The van der Waals surface area contributed by atoms with Gasteiger partial charge in [0.25, 0.3) is 0 Å². The SMILES string of the molecule is CCOC(=O)C(C)(C)c1ccc(-c2ccc(S(=O)(=O)CCC(C)(C)C)cc2)cc1. The highest BCUT2D eigenvalue weighted by molar-refractivity contribution is 7.91. The highest BCUT2D eigenvalue weighted by Gasteiger charge is 2.31. The summed E-state index contributed by atoms with van der Waals surface area (Å²) in [6.07, 6.45) is 0.620. The van der Waals surface area contributed by atoms with Crippen molar-refractivity contribution in [2.24, 2.45) is 5.41 Å². The minimum absolute atomic E-state index is 0.0217. The molecule has 2 rings (SSSR count). The van der Waals surface area contributed by atoms with Gasteiger partial charge in [-0.1, -0.05) is 57.2 Å². The highest BCUT2D eigenvalue weighted by atomic mass is 32.2. The lowest BCUT2D eigenvalue weighted by molar-refractivity contribution is -0.148. The van der Waals surface area contributed by atoms with Crippen LogP contribution in [0.3, 0.4) is 0 Å². The summed E-state index contributed by atoms with van der Waals surface area (Å²) in [5.41, 5.74) is 2.03. The van der Waals surface area contributed by atoms with Gasteiger partial charge < -0.3 is 4.74 Å². The molecule has 2 aromatic carbocycles. The zero-order valence-corrected chi connectivity index (χ0v) is 19.1. The average Bonchev–Trinajstić information content (AvgIpc) is 2.66. The summed E-state index contributed by atoms with van der Waals surface area (Å²) in [7, 11) is -3.28. The first kappa shape index (κ1) is 23.1. The predicted octanol–water partition coefficient (Wildman–Crippen LogP) is 5.40. The van der Waals surface area contributed by atoms with Crippen LogP contribution in [0.25, 0.3) is 11.1 Å². The standard InChI is InChI=1S/C24H32O4S/c1-7-28-22(25)24(5,6)20-12-8-18(9-13-20)19-10-14-21(15-11-19)29(26,27)17-16-23(2,3)4/h8-15H,7,16-17H2,1-6H3. The smallest absolute Gasteiger partial charge is 0.315 e. The van der Waals surface area contributed by atoms with E-state index in [1.54, 1.807) is 19.1 Å². The number of carbonyl (C=O) groups excluding carboxylic acids is 1. The molecule has 0 aliphatic carbocycles. The van der Waals surface area contributed by atoms with Crippen LogP contribution >= 0.6 is 0 Å². The van der Waals surface area contributed by atoms with E-state index in [4.69, 9.17) is 4.74 Å². The van der Waals surface area contributed by atoms with Crippen molar-refractivity contribution in [2.75, 3.05) is 12.4 Å². The van der Waals surface area contributed by atoms with Gasteiger partial charge in [0, 0.05) is 0 Å². The van der Waals surface area contributed by atoms with E-state index in [1.807, 2.05) is 71.0 Å². The van der Waals surface area contributed by atoms with Gasteiger partial charge in [0.2, 0.25) is 0 Å². The molecule has 0 bridgehead atoms. The molecule has 0 N–H and O–H groups in total. The molecular formula is C24H32O4S. The Labute approximate surface area is 175 Å². The van der Waals surface area contributed by atoms with E-state index >= 15 is 0 Å². The first-order chi connectivity index (χ1) is 13.4. The molecule has 0 amide bonds. The maximum atomic E-state index is 12.6. The molecule has 0 atom stereocenters. The molecule has 29 heavy (non-hydrogen) atoms. The molecule has 0 fully saturated rings. The molecule has 0 aliphatic rings. The van der Waals surface area contributed by atoms with Crippen LogP contribution in [0.1, 0.15) is 53.5 Å². The Morgan fingerprint density at radius 1 is 0.862 bits per heavy atom. The fraction of sp³-hybridized carbons (Fsp3) is 0.458. The molecule has 0 aromatic heterocycles. The number of esters is 1. The maximum absolute atomic E-state index is 12.6. The summed E-state index contributed by atoms with van der Waals surface area (Å²) in [6, 6.07) is 14.7. The second-order valence-electron chi connectivity index (χ2n) is 9.08. The number of carbonyl (C=O) groups is 1. The van der Waals surface area contributed by atoms with Gasteiger partial charge >= 0.3 is 5.97 Å². The number of ether oxygens (including phenoxy) is 1. The molecule has 0 unspecified atom stereocenters. The molecular weight excluding hydrogens is 384 g/mol. The summed E-state index contributed by atoms with van der Waals surface area (Å²) < 4.78 is 30.3. The van der Waals surface area contributed by atoms with Gasteiger partial charge in [0.15, 0.2) is 9.84 Å². The fourth-order valence-corrected chi connectivity index (χ4v) is 4.59. The second kappa shape index (κ2) is 8.70. The monoisotopic (exact) mass is 416 g/mol. The zero-order chi connectivity index (χ0) is 21.9. The van der Waals surface area contributed by atoms with E-state index in [-0.39, 0.29) is 17.1 Å². The second-order valence-corrected chi connectivity index (χ2v) is 11.2. The Morgan fingerprint density at radius 3 is 1.79 bits per heavy atom. The molecule has 0 saturated heterocycles. The van der Waals surface area contributed by atoms with Crippen molar-refractivity contribution in [3.8, 4) is 11.1 Å². The lowest BCUT2D eigenvalue weighted by Crippen LogP contribution is -2.31. The van der Waals surface area contributed by atoms with E-state index in [2.05, 4.69) is 0 Å². The van der Waals surface area contributed by atoms with Crippen molar-refractivity contribution in [3.63, 3.8) is 0 Å². The molecule has 2 aromatic rings. The number of rotatable bonds is 7. The third kappa shape index (κ3) is 5.92. The van der Waals surface area contributed by atoms with E-state index in [0.29, 0.717) is 17.9 Å². The topological polar surface area (TPSA) is 60.4 Å². The summed E-state index contributed by atoms with van der Waals surface area (Å²) in [5.74, 6) is -0.106. The van der Waals surface area contributed by atoms with Gasteiger partial charge in [-0.2, -0.15) is 0 Å². The Hall–Kier alpha value is -2.14. The van der Waals surface area contributed by atoms with Gasteiger partial charge in [0.05, 0.1) is 22.7 Å². The summed E-state index contributed by atoms with van der Waals surface area (Å²) in [6.45, 7) is 12.0. The Kier molecular flexibility index (Phi) is 6.94. The number of benzene rings is 2. The van der Waals surface area contributed by atoms with E-state index in [1.165, 1.54) is 0 Å². The molecule has 0 heterocycles. The molecule has 4 nitrogen and oxygen atoms in total. The first-order valence-electron chi connectivity index (χ1n) is 9.98. The van der Waals surface area contributed by atoms with Crippen LogP contribution in [0.15, 0.2) is 53.4 Å². The highest BCUT2D eigenvalue weighted by Crippen LogP contribution is 2.29.